The first-order valence-corrected chi connectivity index (χ1v) is 9.21. The molecule has 29 heavy (non-hydrogen) atoms. The molecular weight excluding hydrogens is 380 g/mol. The number of carbonyl (C=O) groups is 2. The molecule has 0 fully saturated rings. The number of benzene rings is 2. The summed E-state index contributed by atoms with van der Waals surface area (Å²) in [7, 11) is 0. The summed E-state index contributed by atoms with van der Waals surface area (Å²) in [5, 5.41) is 27.6. The first-order valence-electron chi connectivity index (χ1n) is 9.21. The van der Waals surface area contributed by atoms with E-state index in [1.165, 1.54) is 12.1 Å². The predicted octanol–water partition coefficient (Wildman–Crippen LogP) is 0.943. The van der Waals surface area contributed by atoms with Crippen molar-refractivity contribution in [3.05, 3.63) is 57.6 Å². The third-order valence-electron chi connectivity index (χ3n) is 5.35. The monoisotopic (exact) mass is 400 g/mol. The van der Waals surface area contributed by atoms with Gasteiger partial charge in [-0.05, 0) is 30.5 Å². The van der Waals surface area contributed by atoms with E-state index in [1.807, 2.05) is 0 Å². The van der Waals surface area contributed by atoms with Crippen LogP contribution >= 0.6 is 0 Å². The fraction of sp³-hybridized carbons (Fsp3) is 0.333. The van der Waals surface area contributed by atoms with Crippen molar-refractivity contribution in [2.24, 2.45) is 0 Å². The lowest BCUT2D eigenvalue weighted by molar-refractivity contribution is -0.0545. The molecule has 2 aromatic carbocycles. The Morgan fingerprint density at radius 2 is 1.69 bits per heavy atom. The number of ketones is 2. The van der Waals surface area contributed by atoms with Gasteiger partial charge in [0.2, 0.25) is 0 Å². The highest BCUT2D eigenvalue weighted by molar-refractivity contribution is 6.30. The van der Waals surface area contributed by atoms with E-state index < -0.39 is 31.9 Å². The van der Waals surface area contributed by atoms with Gasteiger partial charge < -0.3 is 29.5 Å². The van der Waals surface area contributed by atoms with E-state index in [0.29, 0.717) is 24.8 Å². The van der Waals surface area contributed by atoms with Gasteiger partial charge >= 0.3 is 0 Å². The lowest BCUT2D eigenvalue weighted by atomic mass is 9.78. The average Bonchev–Trinajstić information content (AvgIpc) is 2.72. The summed E-state index contributed by atoms with van der Waals surface area (Å²) in [6, 6.07) is 6.28. The van der Waals surface area contributed by atoms with Crippen LogP contribution in [-0.4, -0.2) is 53.4 Å². The second-order valence-corrected chi connectivity index (χ2v) is 6.81. The number of carbonyl (C=O) groups excluding carboxylic acids is 2. The van der Waals surface area contributed by atoms with Crippen LogP contribution < -0.4 is 9.47 Å². The molecule has 0 saturated heterocycles. The number of aliphatic hydroxyl groups excluding tert-OH is 3. The molecule has 1 unspecified atom stereocenters. The summed E-state index contributed by atoms with van der Waals surface area (Å²) in [6.07, 6.45) is 1.35. The standard InChI is InChI=1S/C21H20O8/c22-8-27-12-5-4-11-6-15-18(21(29-10-24)14(11)7-12)19(25)13-2-1-3-16(28-9-23)17(13)20(15)26/h1-3,6,12,22-24H,4-5,7-10H2. The maximum Gasteiger partial charge on any atom is 0.198 e. The van der Waals surface area contributed by atoms with Crippen molar-refractivity contribution in [1.29, 1.82) is 0 Å². The predicted molar refractivity (Wildman–Crippen MR) is 99.2 cm³/mol. The first-order chi connectivity index (χ1) is 14.1. The topological polar surface area (TPSA) is 123 Å². The molecule has 152 valence electrons. The molecule has 0 saturated carbocycles. The van der Waals surface area contributed by atoms with Gasteiger partial charge in [-0.3, -0.25) is 9.59 Å². The van der Waals surface area contributed by atoms with Gasteiger partial charge in [-0.15, -0.1) is 0 Å². The van der Waals surface area contributed by atoms with Gasteiger partial charge in [-0.1, -0.05) is 12.1 Å². The zero-order valence-corrected chi connectivity index (χ0v) is 15.5. The molecule has 2 aromatic rings. The number of aryl methyl sites for hydroxylation is 1. The van der Waals surface area contributed by atoms with Gasteiger partial charge in [0, 0.05) is 23.1 Å². The van der Waals surface area contributed by atoms with E-state index in [1.54, 1.807) is 12.1 Å². The molecule has 0 bridgehead atoms. The smallest absolute Gasteiger partial charge is 0.198 e. The number of ether oxygens (including phenoxy) is 3. The van der Waals surface area contributed by atoms with Gasteiger partial charge in [0.15, 0.2) is 25.2 Å². The Hall–Kier alpha value is -2.78. The van der Waals surface area contributed by atoms with E-state index in [4.69, 9.17) is 24.4 Å². The molecule has 0 aromatic heterocycles. The molecule has 0 spiro atoms. The highest BCUT2D eigenvalue weighted by Gasteiger charge is 2.38. The van der Waals surface area contributed by atoms with Crippen molar-refractivity contribution in [3.63, 3.8) is 0 Å². The van der Waals surface area contributed by atoms with Gasteiger partial charge in [0.25, 0.3) is 0 Å². The summed E-state index contributed by atoms with van der Waals surface area (Å²) in [6.45, 7) is -1.70. The van der Waals surface area contributed by atoms with Crippen LogP contribution in [0.2, 0.25) is 0 Å². The highest BCUT2D eigenvalue weighted by Crippen LogP contribution is 2.42. The van der Waals surface area contributed by atoms with Crippen LogP contribution in [0.5, 0.6) is 11.5 Å². The lowest BCUT2D eigenvalue weighted by Crippen LogP contribution is -2.28. The lowest BCUT2D eigenvalue weighted by Gasteiger charge is -2.30. The largest absolute Gasteiger partial charge is 0.467 e. The number of hydrogen-bond donors (Lipinski definition) is 3. The van der Waals surface area contributed by atoms with E-state index >= 15 is 0 Å². The fourth-order valence-corrected chi connectivity index (χ4v) is 4.14. The van der Waals surface area contributed by atoms with Crippen molar-refractivity contribution < 1.29 is 39.1 Å². The molecule has 2 aliphatic carbocycles. The molecule has 8 heteroatoms. The highest BCUT2D eigenvalue weighted by atomic mass is 16.6. The van der Waals surface area contributed by atoms with Crippen LogP contribution in [0.15, 0.2) is 24.3 Å². The Morgan fingerprint density at radius 1 is 0.931 bits per heavy atom. The van der Waals surface area contributed by atoms with Gasteiger partial charge in [-0.2, -0.15) is 0 Å². The molecule has 0 amide bonds. The molecule has 2 aliphatic rings. The summed E-state index contributed by atoms with van der Waals surface area (Å²) >= 11 is 0. The molecule has 0 radical (unpaired) electrons. The Kier molecular flexibility index (Phi) is 5.33. The minimum atomic E-state index is -0.656. The fourth-order valence-electron chi connectivity index (χ4n) is 4.14. The minimum absolute atomic E-state index is 0.0982. The number of rotatable bonds is 6. The van der Waals surface area contributed by atoms with Gasteiger partial charge in [0.1, 0.15) is 18.3 Å². The Labute approximate surface area is 166 Å². The second kappa shape index (κ2) is 7.92. The normalized spacial score (nSPS) is 17.4. The van der Waals surface area contributed by atoms with E-state index in [-0.39, 0.29) is 39.9 Å². The Morgan fingerprint density at radius 3 is 2.41 bits per heavy atom. The maximum atomic E-state index is 13.3. The van der Waals surface area contributed by atoms with E-state index in [0.717, 1.165) is 5.56 Å². The third-order valence-corrected chi connectivity index (χ3v) is 5.35. The Bertz CT molecular complexity index is 981. The molecule has 3 N–H and O–H groups in total. The second-order valence-electron chi connectivity index (χ2n) is 6.81. The number of hydrogen-bond acceptors (Lipinski definition) is 8. The molecule has 0 heterocycles. The van der Waals surface area contributed by atoms with E-state index in [9.17, 15) is 14.7 Å². The van der Waals surface area contributed by atoms with Gasteiger partial charge in [-0.25, -0.2) is 0 Å². The number of aliphatic hydroxyl groups is 3. The van der Waals surface area contributed by atoms with Gasteiger partial charge in [0.05, 0.1) is 17.2 Å². The summed E-state index contributed by atoms with van der Waals surface area (Å²) in [5.41, 5.74) is 2.05. The zero-order valence-electron chi connectivity index (χ0n) is 15.5. The maximum absolute atomic E-state index is 13.3. The Balaban J connectivity index is 1.90. The van der Waals surface area contributed by atoms with Crippen LogP contribution in [-0.2, 0) is 17.6 Å². The average molecular weight is 400 g/mol. The SMILES string of the molecule is O=C1c2cc3c(c(OCO)c2C(=O)c2cccc(OCO)c21)CC(OCO)CC3. The zero-order chi connectivity index (χ0) is 20.5. The van der Waals surface area contributed by atoms with Crippen molar-refractivity contribution in [2.75, 3.05) is 20.4 Å². The quantitative estimate of drug-likeness (QED) is 0.523. The number of fused-ring (bicyclic) bond motifs is 3. The first kappa shape index (κ1) is 19.5. The van der Waals surface area contributed by atoms with Crippen molar-refractivity contribution in [1.82, 2.24) is 0 Å². The van der Waals surface area contributed by atoms with Crippen LogP contribution in [0.3, 0.4) is 0 Å². The summed E-state index contributed by atoms with van der Waals surface area (Å²) < 4.78 is 15.9. The third kappa shape index (κ3) is 3.20. The molecule has 0 aliphatic heterocycles. The molecule has 8 nitrogen and oxygen atoms in total. The van der Waals surface area contributed by atoms with Crippen LogP contribution in [0.4, 0.5) is 0 Å². The van der Waals surface area contributed by atoms with Crippen LogP contribution in [0, 0.1) is 0 Å². The van der Waals surface area contributed by atoms with Crippen LogP contribution in [0.25, 0.3) is 0 Å². The van der Waals surface area contributed by atoms with Crippen LogP contribution in [0.1, 0.15) is 49.4 Å². The summed E-state index contributed by atoms with van der Waals surface area (Å²) in [4.78, 5) is 26.6. The summed E-state index contributed by atoms with van der Waals surface area (Å²) in [5.74, 6) is -0.524. The van der Waals surface area contributed by atoms with E-state index in [2.05, 4.69) is 0 Å². The molecule has 1 atom stereocenters. The molecule has 4 rings (SSSR count). The van der Waals surface area contributed by atoms with Crippen molar-refractivity contribution >= 4 is 11.6 Å². The van der Waals surface area contributed by atoms with Crippen molar-refractivity contribution in [3.8, 4) is 11.5 Å². The minimum Gasteiger partial charge on any atom is -0.467 e. The van der Waals surface area contributed by atoms with Crippen molar-refractivity contribution in [2.45, 2.75) is 25.4 Å². The molecular formula is C21H20O8.